The molecule has 116 valence electrons. The van der Waals surface area contributed by atoms with Gasteiger partial charge in [0.1, 0.15) is 11.5 Å². The Kier molecular flexibility index (Phi) is 6.83. The normalized spacial score (nSPS) is 9.27. The number of ketones is 2. The van der Waals surface area contributed by atoms with Crippen LogP contribution in [0.15, 0.2) is 48.5 Å². The fraction of sp³-hybridized carbons (Fsp3) is 0.222. The Hall–Kier alpha value is -2.62. The number of ether oxygens (including phenoxy) is 2. The van der Waals surface area contributed by atoms with Crippen molar-refractivity contribution in [2.75, 3.05) is 14.2 Å². The smallest absolute Gasteiger partial charge is 0.159 e. The molecule has 0 amide bonds. The highest BCUT2D eigenvalue weighted by atomic mass is 16.5. The van der Waals surface area contributed by atoms with Crippen LogP contribution in [0.4, 0.5) is 0 Å². The Morgan fingerprint density at radius 1 is 0.636 bits per heavy atom. The number of rotatable bonds is 4. The van der Waals surface area contributed by atoms with Crippen LogP contribution in [-0.4, -0.2) is 25.8 Å². The molecule has 2 rings (SSSR count). The van der Waals surface area contributed by atoms with Gasteiger partial charge in [0, 0.05) is 11.1 Å². The Morgan fingerprint density at radius 2 is 0.909 bits per heavy atom. The van der Waals surface area contributed by atoms with Crippen molar-refractivity contribution in [2.24, 2.45) is 0 Å². The first-order chi connectivity index (χ1) is 10.5. The van der Waals surface area contributed by atoms with Gasteiger partial charge in [-0.1, -0.05) is 24.3 Å². The average molecular weight is 300 g/mol. The fourth-order valence-corrected chi connectivity index (χ4v) is 1.65. The lowest BCUT2D eigenvalue weighted by molar-refractivity contribution is 0.100. The third kappa shape index (κ3) is 5.40. The van der Waals surface area contributed by atoms with E-state index >= 15 is 0 Å². The lowest BCUT2D eigenvalue weighted by atomic mass is 10.1. The van der Waals surface area contributed by atoms with Gasteiger partial charge in [-0.3, -0.25) is 9.59 Å². The summed E-state index contributed by atoms with van der Waals surface area (Å²) in [5.74, 6) is 1.73. The molecule has 4 heteroatoms. The van der Waals surface area contributed by atoms with Gasteiger partial charge < -0.3 is 9.47 Å². The molecule has 0 saturated carbocycles. The average Bonchev–Trinajstić information content (AvgIpc) is 2.55. The van der Waals surface area contributed by atoms with Gasteiger partial charge in [-0.05, 0) is 38.1 Å². The van der Waals surface area contributed by atoms with Crippen LogP contribution in [0, 0.1) is 0 Å². The minimum absolute atomic E-state index is 0.0186. The summed E-state index contributed by atoms with van der Waals surface area (Å²) in [6, 6.07) is 14.1. The van der Waals surface area contributed by atoms with Gasteiger partial charge in [0.05, 0.1) is 14.2 Å². The van der Waals surface area contributed by atoms with E-state index in [1.54, 1.807) is 38.5 Å². The molecular formula is C18H20O4. The number of carbonyl (C=O) groups is 2. The predicted molar refractivity (Wildman–Crippen MR) is 86.0 cm³/mol. The molecule has 0 unspecified atom stereocenters. The molecule has 0 aliphatic rings. The third-order valence-corrected chi connectivity index (χ3v) is 2.99. The van der Waals surface area contributed by atoms with E-state index in [0.717, 1.165) is 11.5 Å². The second kappa shape index (κ2) is 8.62. The highest BCUT2D eigenvalue weighted by Crippen LogP contribution is 2.15. The van der Waals surface area contributed by atoms with Crippen LogP contribution in [0.2, 0.25) is 0 Å². The molecular weight excluding hydrogens is 280 g/mol. The molecule has 0 heterocycles. The van der Waals surface area contributed by atoms with Crippen LogP contribution >= 0.6 is 0 Å². The molecule has 0 N–H and O–H groups in total. The van der Waals surface area contributed by atoms with Crippen LogP contribution in [-0.2, 0) is 0 Å². The van der Waals surface area contributed by atoms with Gasteiger partial charge in [-0.25, -0.2) is 0 Å². The first-order valence-corrected chi connectivity index (χ1v) is 6.78. The van der Waals surface area contributed by atoms with Crippen LogP contribution in [0.1, 0.15) is 34.6 Å². The monoisotopic (exact) mass is 300 g/mol. The molecule has 22 heavy (non-hydrogen) atoms. The minimum atomic E-state index is 0.0186. The van der Waals surface area contributed by atoms with Crippen LogP contribution in [0.25, 0.3) is 0 Å². The predicted octanol–water partition coefficient (Wildman–Crippen LogP) is 3.80. The van der Waals surface area contributed by atoms with Gasteiger partial charge in [-0.15, -0.1) is 0 Å². The molecule has 0 radical (unpaired) electrons. The lowest BCUT2D eigenvalue weighted by Gasteiger charge is -2.00. The van der Waals surface area contributed by atoms with Crippen molar-refractivity contribution < 1.29 is 19.1 Å². The molecule has 0 aliphatic carbocycles. The van der Waals surface area contributed by atoms with Crippen LogP contribution in [0.5, 0.6) is 11.5 Å². The summed E-state index contributed by atoms with van der Waals surface area (Å²) in [4.78, 5) is 21.7. The maximum atomic E-state index is 10.8. The number of Topliss-reactive ketones (excluding diaryl/α,β-unsaturated/α-hetero) is 2. The van der Waals surface area contributed by atoms with E-state index < -0.39 is 0 Å². The van der Waals surface area contributed by atoms with E-state index in [9.17, 15) is 9.59 Å². The highest BCUT2D eigenvalue weighted by molar-refractivity contribution is 5.97. The molecule has 0 atom stereocenters. The van der Waals surface area contributed by atoms with E-state index in [2.05, 4.69) is 0 Å². The van der Waals surface area contributed by atoms with E-state index in [0.29, 0.717) is 11.1 Å². The first-order valence-electron chi connectivity index (χ1n) is 6.78. The highest BCUT2D eigenvalue weighted by Gasteiger charge is 2.00. The zero-order valence-corrected chi connectivity index (χ0v) is 13.3. The molecule has 0 fully saturated rings. The van der Waals surface area contributed by atoms with Crippen molar-refractivity contribution in [2.45, 2.75) is 13.8 Å². The molecule has 2 aromatic rings. The van der Waals surface area contributed by atoms with Crippen molar-refractivity contribution in [3.8, 4) is 11.5 Å². The number of benzene rings is 2. The summed E-state index contributed by atoms with van der Waals surface area (Å²) in [7, 11) is 3.28. The standard InChI is InChI=1S/C10H10O2.C8H10O2/c1-7(11)9-3-5-10(6-4-9)8(2)12;1-9-7-3-5-8(10-2)6-4-7/h3-6H,1-2H3;3-6H,1-2H3. The third-order valence-electron chi connectivity index (χ3n) is 2.99. The van der Waals surface area contributed by atoms with Gasteiger partial charge in [0.25, 0.3) is 0 Å². The topological polar surface area (TPSA) is 52.6 Å². The van der Waals surface area contributed by atoms with Crippen LogP contribution < -0.4 is 9.47 Å². The summed E-state index contributed by atoms with van der Waals surface area (Å²) in [5.41, 5.74) is 1.28. The van der Waals surface area contributed by atoms with Gasteiger partial charge in [0.2, 0.25) is 0 Å². The minimum Gasteiger partial charge on any atom is -0.497 e. The zero-order chi connectivity index (χ0) is 16.5. The van der Waals surface area contributed by atoms with Crippen molar-refractivity contribution in [3.05, 3.63) is 59.7 Å². The second-order valence-corrected chi connectivity index (χ2v) is 4.57. The van der Waals surface area contributed by atoms with Crippen molar-refractivity contribution in [3.63, 3.8) is 0 Å². The summed E-state index contributed by atoms with van der Waals surface area (Å²) >= 11 is 0. The van der Waals surface area contributed by atoms with Crippen molar-refractivity contribution in [1.82, 2.24) is 0 Å². The van der Waals surface area contributed by atoms with Gasteiger partial charge >= 0.3 is 0 Å². The second-order valence-electron chi connectivity index (χ2n) is 4.57. The Balaban J connectivity index is 0.000000224. The maximum absolute atomic E-state index is 10.8. The first kappa shape index (κ1) is 17.4. The summed E-state index contributed by atoms with van der Waals surface area (Å²) < 4.78 is 9.92. The van der Waals surface area contributed by atoms with E-state index in [1.807, 2.05) is 24.3 Å². The number of hydrogen-bond acceptors (Lipinski definition) is 4. The summed E-state index contributed by atoms with van der Waals surface area (Å²) in [6.07, 6.45) is 0. The van der Waals surface area contributed by atoms with E-state index in [4.69, 9.17) is 9.47 Å². The Bertz CT molecular complexity index is 557. The zero-order valence-electron chi connectivity index (χ0n) is 13.3. The molecule has 2 aromatic carbocycles. The van der Waals surface area contributed by atoms with E-state index in [1.165, 1.54) is 13.8 Å². The van der Waals surface area contributed by atoms with Gasteiger partial charge in [0.15, 0.2) is 11.6 Å². The number of hydrogen-bond donors (Lipinski definition) is 0. The van der Waals surface area contributed by atoms with Crippen molar-refractivity contribution >= 4 is 11.6 Å². The maximum Gasteiger partial charge on any atom is 0.159 e. The molecule has 0 saturated heterocycles. The Labute approximate surface area is 130 Å². The summed E-state index contributed by atoms with van der Waals surface area (Å²) in [6.45, 7) is 3.01. The molecule has 0 bridgehead atoms. The molecule has 0 aromatic heterocycles. The molecule has 0 aliphatic heterocycles. The fourth-order valence-electron chi connectivity index (χ4n) is 1.65. The lowest BCUT2D eigenvalue weighted by Crippen LogP contribution is -1.95. The molecule has 4 nitrogen and oxygen atoms in total. The SMILES string of the molecule is CC(=O)c1ccc(C(C)=O)cc1.COc1ccc(OC)cc1. The molecule has 0 spiro atoms. The van der Waals surface area contributed by atoms with E-state index in [-0.39, 0.29) is 11.6 Å². The number of carbonyl (C=O) groups excluding carboxylic acids is 2. The largest absolute Gasteiger partial charge is 0.497 e. The van der Waals surface area contributed by atoms with Crippen molar-refractivity contribution in [1.29, 1.82) is 0 Å². The van der Waals surface area contributed by atoms with Gasteiger partial charge in [-0.2, -0.15) is 0 Å². The quantitative estimate of drug-likeness (QED) is 0.806. The van der Waals surface area contributed by atoms with Crippen LogP contribution in [0.3, 0.4) is 0 Å². The number of methoxy groups -OCH3 is 2. The summed E-state index contributed by atoms with van der Waals surface area (Å²) in [5, 5.41) is 0. The Morgan fingerprint density at radius 3 is 1.09 bits per heavy atom.